The van der Waals surface area contributed by atoms with E-state index >= 15 is 0 Å². The van der Waals surface area contributed by atoms with Gasteiger partial charge in [-0.05, 0) is 72.0 Å². The fourth-order valence-corrected chi connectivity index (χ4v) is 9.14. The molecule has 0 bridgehead atoms. The van der Waals surface area contributed by atoms with Gasteiger partial charge in [0.05, 0.1) is 33.8 Å². The van der Waals surface area contributed by atoms with E-state index in [-0.39, 0.29) is 10.8 Å². The number of hydrogen-bond donors (Lipinski definition) is 0. The highest BCUT2D eigenvalue weighted by Crippen LogP contribution is 2.51. The number of ether oxygens (including phenoxy) is 1. The van der Waals surface area contributed by atoms with Gasteiger partial charge in [-0.1, -0.05) is 76.2 Å². The number of hydrogen-bond acceptors (Lipinski definition) is 5. The molecule has 0 saturated heterocycles. The van der Waals surface area contributed by atoms with Gasteiger partial charge in [0.25, 0.3) is 0 Å². The fraction of sp³-hybridized carbons (Fsp3) is 0.152. The molecular formula is C46H34N6O2. The monoisotopic (exact) mass is 702 g/mol. The lowest BCUT2D eigenvalue weighted by Crippen LogP contribution is -2.44. The Kier molecular flexibility index (Phi) is 5.44. The second-order valence-electron chi connectivity index (χ2n) is 15.9. The minimum Gasteiger partial charge on any atom is -0.457 e. The molecule has 0 amide bonds. The number of aryl methyl sites for hydroxylation is 1. The van der Waals surface area contributed by atoms with Crippen molar-refractivity contribution in [3.8, 4) is 17.3 Å². The van der Waals surface area contributed by atoms with Crippen LogP contribution in [0.1, 0.15) is 44.5 Å². The first-order valence-electron chi connectivity index (χ1n) is 18.4. The third-order valence-electron chi connectivity index (χ3n) is 12.6. The molecule has 0 spiro atoms. The highest BCUT2D eigenvalue weighted by molar-refractivity contribution is 6.13. The number of para-hydroxylation sites is 3. The average molecular weight is 703 g/mol. The first kappa shape index (κ1) is 29.9. The molecule has 12 rings (SSSR count). The van der Waals surface area contributed by atoms with Crippen molar-refractivity contribution in [3.05, 3.63) is 132 Å². The summed E-state index contributed by atoms with van der Waals surface area (Å²) in [6.07, 6.45) is 3.88. The molecular weight excluding hydrogens is 669 g/mol. The SMILES string of the molecule is Cc1cccc2c1nc1n(-c3cc4c(cn3)oc3ccccc34)c3cc(Oc4ccc5c(c4)c4ncc6n4c4c(cccc54)C(C)(C)C6(C)C)ccc3n21. The normalized spacial score (nSPS) is 15.1. The zero-order valence-corrected chi connectivity index (χ0v) is 30.5. The maximum atomic E-state index is 6.74. The average Bonchev–Trinajstić information content (AvgIpc) is 3.95. The summed E-state index contributed by atoms with van der Waals surface area (Å²) in [5.74, 6) is 2.99. The summed E-state index contributed by atoms with van der Waals surface area (Å²) >= 11 is 0. The molecule has 0 N–H and O–H groups in total. The number of rotatable bonds is 3. The van der Waals surface area contributed by atoms with Gasteiger partial charge >= 0.3 is 0 Å². The standard InChI is InChI=1S/C46H34N6O2/c1-25-10-8-14-35-41(25)49-44-50(35)34-19-17-27(21-36(34)51(44)40-22-31-29-11-6-7-15-37(29)54-38(31)23-47-40)53-26-16-18-28-30-12-9-13-33-42(30)52-39(46(4,5)45(33,2)3)24-48-43(52)32(28)20-26/h6-24H,1-5H3. The minimum absolute atomic E-state index is 0.0667. The quantitative estimate of drug-likeness (QED) is 0.171. The summed E-state index contributed by atoms with van der Waals surface area (Å²) in [7, 11) is 0. The summed E-state index contributed by atoms with van der Waals surface area (Å²) in [5, 5.41) is 5.51. The van der Waals surface area contributed by atoms with Crippen LogP contribution in [-0.4, -0.2) is 28.3 Å². The Labute approximate surface area is 308 Å². The Bertz CT molecular complexity index is 3450. The third kappa shape index (κ3) is 3.60. The Morgan fingerprint density at radius 2 is 1.43 bits per heavy atom. The predicted octanol–water partition coefficient (Wildman–Crippen LogP) is 11.3. The van der Waals surface area contributed by atoms with Crippen LogP contribution in [0.2, 0.25) is 0 Å². The van der Waals surface area contributed by atoms with Crippen LogP contribution in [0.15, 0.2) is 120 Å². The lowest BCUT2D eigenvalue weighted by molar-refractivity contribution is 0.288. The van der Waals surface area contributed by atoms with Gasteiger partial charge in [0, 0.05) is 50.3 Å². The molecule has 0 atom stereocenters. The minimum atomic E-state index is -0.117. The molecule has 260 valence electrons. The molecule has 8 nitrogen and oxygen atoms in total. The van der Waals surface area contributed by atoms with E-state index in [4.69, 9.17) is 24.1 Å². The molecule has 0 unspecified atom stereocenters. The van der Waals surface area contributed by atoms with E-state index in [0.717, 1.165) is 77.9 Å². The zero-order valence-electron chi connectivity index (χ0n) is 30.5. The van der Waals surface area contributed by atoms with Gasteiger partial charge in [-0.15, -0.1) is 0 Å². The van der Waals surface area contributed by atoms with Crippen LogP contribution >= 0.6 is 0 Å². The van der Waals surface area contributed by atoms with Crippen molar-refractivity contribution in [1.29, 1.82) is 0 Å². The summed E-state index contributed by atoms with van der Waals surface area (Å²) in [6, 6.07) is 35.9. The van der Waals surface area contributed by atoms with Crippen LogP contribution in [0, 0.1) is 6.92 Å². The lowest BCUT2D eigenvalue weighted by atomic mass is 9.61. The van der Waals surface area contributed by atoms with Crippen LogP contribution < -0.4 is 4.74 Å². The molecule has 6 aromatic heterocycles. The van der Waals surface area contributed by atoms with Gasteiger partial charge in [-0.3, -0.25) is 13.4 Å². The van der Waals surface area contributed by atoms with Crippen molar-refractivity contribution in [3.63, 3.8) is 0 Å². The number of fused-ring (bicyclic) bond motifs is 11. The first-order valence-corrected chi connectivity index (χ1v) is 18.4. The van der Waals surface area contributed by atoms with E-state index < -0.39 is 0 Å². The van der Waals surface area contributed by atoms with Crippen LogP contribution in [0.5, 0.6) is 11.5 Å². The summed E-state index contributed by atoms with van der Waals surface area (Å²) < 4.78 is 19.6. The van der Waals surface area contributed by atoms with E-state index in [1.807, 2.05) is 30.5 Å². The molecule has 0 radical (unpaired) electrons. The van der Waals surface area contributed by atoms with Crippen molar-refractivity contribution in [2.75, 3.05) is 0 Å². The topological polar surface area (TPSA) is 74.8 Å². The number of imidazole rings is 3. The lowest BCUT2D eigenvalue weighted by Gasteiger charge is -2.45. The van der Waals surface area contributed by atoms with Crippen molar-refractivity contribution in [1.82, 2.24) is 28.3 Å². The smallest absolute Gasteiger partial charge is 0.221 e. The Hall–Kier alpha value is -6.67. The number of pyridine rings is 2. The molecule has 8 heteroatoms. The van der Waals surface area contributed by atoms with E-state index in [1.165, 1.54) is 27.5 Å². The maximum absolute atomic E-state index is 6.74. The Morgan fingerprint density at radius 1 is 0.611 bits per heavy atom. The molecule has 7 heterocycles. The molecule has 11 aromatic rings. The van der Waals surface area contributed by atoms with Gasteiger partial charge in [0.15, 0.2) is 5.58 Å². The second kappa shape index (κ2) is 9.85. The molecule has 0 fully saturated rings. The maximum Gasteiger partial charge on any atom is 0.221 e. The number of aromatic nitrogens is 6. The van der Waals surface area contributed by atoms with E-state index in [0.29, 0.717) is 5.75 Å². The largest absolute Gasteiger partial charge is 0.457 e. The molecule has 0 aliphatic carbocycles. The Morgan fingerprint density at radius 3 is 2.33 bits per heavy atom. The summed E-state index contributed by atoms with van der Waals surface area (Å²) in [5.41, 5.74) is 11.3. The number of nitrogens with zero attached hydrogens (tertiary/aromatic N) is 6. The number of furan rings is 1. The first-order chi connectivity index (χ1) is 26.2. The third-order valence-corrected chi connectivity index (χ3v) is 12.6. The highest BCUT2D eigenvalue weighted by atomic mass is 16.5. The predicted molar refractivity (Wildman–Crippen MR) is 216 cm³/mol. The zero-order chi connectivity index (χ0) is 36.2. The van der Waals surface area contributed by atoms with Crippen LogP contribution in [0.4, 0.5) is 0 Å². The number of benzene rings is 5. The van der Waals surface area contributed by atoms with Crippen LogP contribution in [0.25, 0.3) is 82.9 Å². The molecule has 1 aliphatic heterocycles. The van der Waals surface area contributed by atoms with Crippen molar-refractivity contribution in [2.24, 2.45) is 0 Å². The van der Waals surface area contributed by atoms with E-state index in [2.05, 4.69) is 133 Å². The van der Waals surface area contributed by atoms with Gasteiger partial charge in [-0.2, -0.15) is 0 Å². The van der Waals surface area contributed by atoms with Gasteiger partial charge in [0.1, 0.15) is 28.5 Å². The van der Waals surface area contributed by atoms with Crippen molar-refractivity contribution in [2.45, 2.75) is 45.4 Å². The molecule has 5 aromatic carbocycles. The summed E-state index contributed by atoms with van der Waals surface area (Å²) in [6.45, 7) is 11.5. The second-order valence-corrected chi connectivity index (χ2v) is 15.9. The van der Waals surface area contributed by atoms with Gasteiger partial charge < -0.3 is 9.15 Å². The van der Waals surface area contributed by atoms with Gasteiger partial charge in [-0.25, -0.2) is 15.0 Å². The molecule has 1 aliphatic rings. The van der Waals surface area contributed by atoms with Crippen molar-refractivity contribution >= 4 is 77.1 Å². The van der Waals surface area contributed by atoms with Gasteiger partial charge in [0.2, 0.25) is 5.78 Å². The fourth-order valence-electron chi connectivity index (χ4n) is 9.14. The summed E-state index contributed by atoms with van der Waals surface area (Å²) in [4.78, 5) is 15.2. The highest BCUT2D eigenvalue weighted by Gasteiger charge is 2.46. The molecule has 54 heavy (non-hydrogen) atoms. The molecule has 0 saturated carbocycles. The van der Waals surface area contributed by atoms with Crippen molar-refractivity contribution < 1.29 is 9.15 Å². The van der Waals surface area contributed by atoms with E-state index in [1.54, 1.807) is 0 Å². The van der Waals surface area contributed by atoms with E-state index in [9.17, 15) is 0 Å². The van der Waals surface area contributed by atoms with Crippen LogP contribution in [-0.2, 0) is 10.8 Å². The van der Waals surface area contributed by atoms with Crippen LogP contribution in [0.3, 0.4) is 0 Å². The Balaban J connectivity index is 1.06.